The Hall–Kier alpha value is -1.55. The maximum absolute atomic E-state index is 12.2. The Balaban J connectivity index is 2.16. The molecule has 1 aliphatic heterocycles. The van der Waals surface area contributed by atoms with Gasteiger partial charge in [-0.1, -0.05) is 39.0 Å². The van der Waals surface area contributed by atoms with Crippen molar-refractivity contribution in [1.29, 1.82) is 0 Å². The third-order valence-corrected chi connectivity index (χ3v) is 3.46. The molecule has 0 aromatic heterocycles. The number of benzene rings is 1. The first-order chi connectivity index (χ1) is 9.63. The monoisotopic (exact) mass is 276 g/mol. The Labute approximate surface area is 121 Å². The Bertz CT molecular complexity index is 460. The maximum atomic E-state index is 12.2. The molecule has 1 unspecified atom stereocenters. The lowest BCUT2D eigenvalue weighted by molar-refractivity contribution is 0.139. The van der Waals surface area contributed by atoms with Gasteiger partial charge in [0, 0.05) is 12.6 Å². The standard InChI is InChI=1S/C16H24N2O2/c1-4-17-14-9-10-18(16(19)20-11-12(2)3)15-8-6-5-7-13(14)15/h5-8,12,14,17H,4,9-11H2,1-3H3. The molecule has 1 aromatic rings. The van der Waals surface area contributed by atoms with Crippen LogP contribution in [0.1, 0.15) is 38.8 Å². The number of amides is 1. The SMILES string of the molecule is CCNC1CCN(C(=O)OCC(C)C)c2ccccc21. The van der Waals surface area contributed by atoms with Gasteiger partial charge in [-0.3, -0.25) is 4.90 Å². The molecule has 4 nitrogen and oxygen atoms in total. The molecule has 1 heterocycles. The predicted octanol–water partition coefficient (Wildman–Crippen LogP) is 3.34. The number of ether oxygens (including phenoxy) is 1. The summed E-state index contributed by atoms with van der Waals surface area (Å²) in [7, 11) is 0. The Morgan fingerprint density at radius 3 is 2.90 bits per heavy atom. The Kier molecular flexibility index (Phi) is 5.01. The average Bonchev–Trinajstić information content (AvgIpc) is 2.45. The summed E-state index contributed by atoms with van der Waals surface area (Å²) in [5, 5.41) is 3.47. The van der Waals surface area contributed by atoms with Gasteiger partial charge in [0.05, 0.1) is 12.3 Å². The molecule has 1 N–H and O–H groups in total. The van der Waals surface area contributed by atoms with Gasteiger partial charge in [0.25, 0.3) is 0 Å². The summed E-state index contributed by atoms with van der Waals surface area (Å²) >= 11 is 0. The van der Waals surface area contributed by atoms with Gasteiger partial charge >= 0.3 is 6.09 Å². The highest BCUT2D eigenvalue weighted by Gasteiger charge is 2.28. The first-order valence-corrected chi connectivity index (χ1v) is 7.40. The van der Waals surface area contributed by atoms with Gasteiger partial charge in [0.15, 0.2) is 0 Å². The van der Waals surface area contributed by atoms with Gasteiger partial charge in [-0.15, -0.1) is 0 Å². The van der Waals surface area contributed by atoms with Gasteiger partial charge in [-0.2, -0.15) is 0 Å². The van der Waals surface area contributed by atoms with Crippen molar-refractivity contribution in [3.63, 3.8) is 0 Å². The van der Waals surface area contributed by atoms with E-state index in [4.69, 9.17) is 4.74 Å². The molecule has 0 saturated heterocycles. The lowest BCUT2D eigenvalue weighted by atomic mass is 9.96. The van der Waals surface area contributed by atoms with E-state index in [0.29, 0.717) is 25.1 Å². The summed E-state index contributed by atoms with van der Waals surface area (Å²) in [6.45, 7) is 8.28. The molecule has 1 aromatic carbocycles. The highest BCUT2D eigenvalue weighted by molar-refractivity contribution is 5.89. The second-order valence-corrected chi connectivity index (χ2v) is 5.58. The third-order valence-electron chi connectivity index (χ3n) is 3.46. The van der Waals surface area contributed by atoms with Crippen molar-refractivity contribution < 1.29 is 9.53 Å². The molecular formula is C16H24N2O2. The number of para-hydroxylation sites is 1. The molecule has 20 heavy (non-hydrogen) atoms. The van der Waals surface area contributed by atoms with Crippen LogP contribution in [0.2, 0.25) is 0 Å². The number of hydrogen-bond acceptors (Lipinski definition) is 3. The molecule has 2 rings (SSSR count). The van der Waals surface area contributed by atoms with Crippen LogP contribution in [-0.2, 0) is 4.74 Å². The zero-order chi connectivity index (χ0) is 14.5. The molecular weight excluding hydrogens is 252 g/mol. The van der Waals surface area contributed by atoms with Crippen molar-refractivity contribution in [2.24, 2.45) is 5.92 Å². The van der Waals surface area contributed by atoms with Crippen LogP contribution in [0.15, 0.2) is 24.3 Å². The number of nitrogens with one attached hydrogen (secondary N) is 1. The van der Waals surface area contributed by atoms with E-state index in [9.17, 15) is 4.79 Å². The summed E-state index contributed by atoms with van der Waals surface area (Å²) in [4.78, 5) is 14.0. The number of fused-ring (bicyclic) bond motifs is 1. The van der Waals surface area contributed by atoms with Crippen LogP contribution in [0.4, 0.5) is 10.5 Å². The molecule has 4 heteroatoms. The van der Waals surface area contributed by atoms with Crippen LogP contribution in [0.25, 0.3) is 0 Å². The van der Waals surface area contributed by atoms with E-state index in [2.05, 4.69) is 18.3 Å². The normalized spacial score (nSPS) is 18.0. The third kappa shape index (κ3) is 3.31. The largest absolute Gasteiger partial charge is 0.449 e. The summed E-state index contributed by atoms with van der Waals surface area (Å²) < 4.78 is 5.36. The van der Waals surface area contributed by atoms with Gasteiger partial charge < -0.3 is 10.1 Å². The van der Waals surface area contributed by atoms with Gasteiger partial charge in [-0.25, -0.2) is 4.79 Å². The molecule has 1 atom stereocenters. The minimum atomic E-state index is -0.235. The Morgan fingerprint density at radius 1 is 1.45 bits per heavy atom. The number of carbonyl (C=O) groups excluding carboxylic acids is 1. The molecule has 1 amide bonds. The number of nitrogens with zero attached hydrogens (tertiary/aromatic N) is 1. The van der Waals surface area contributed by atoms with Crippen molar-refractivity contribution in [1.82, 2.24) is 5.32 Å². The van der Waals surface area contributed by atoms with Crippen LogP contribution >= 0.6 is 0 Å². The van der Waals surface area contributed by atoms with Crippen molar-refractivity contribution in [3.8, 4) is 0 Å². The smallest absolute Gasteiger partial charge is 0.414 e. The number of hydrogen-bond donors (Lipinski definition) is 1. The van der Waals surface area contributed by atoms with Crippen molar-refractivity contribution in [3.05, 3.63) is 29.8 Å². The van der Waals surface area contributed by atoms with E-state index in [0.717, 1.165) is 18.7 Å². The quantitative estimate of drug-likeness (QED) is 0.917. The topological polar surface area (TPSA) is 41.6 Å². The zero-order valence-electron chi connectivity index (χ0n) is 12.6. The zero-order valence-corrected chi connectivity index (χ0v) is 12.6. The fourth-order valence-electron chi connectivity index (χ4n) is 2.53. The lowest BCUT2D eigenvalue weighted by Crippen LogP contribution is -2.40. The number of anilines is 1. The van der Waals surface area contributed by atoms with E-state index in [1.165, 1.54) is 5.56 Å². The van der Waals surface area contributed by atoms with Crippen LogP contribution in [0.3, 0.4) is 0 Å². The van der Waals surface area contributed by atoms with Crippen molar-refractivity contribution in [2.45, 2.75) is 33.2 Å². The van der Waals surface area contributed by atoms with Crippen LogP contribution < -0.4 is 10.2 Å². The predicted molar refractivity (Wildman–Crippen MR) is 81.0 cm³/mol. The molecule has 0 radical (unpaired) electrons. The van der Waals surface area contributed by atoms with Gasteiger partial charge in [0.1, 0.15) is 0 Å². The van der Waals surface area contributed by atoms with E-state index in [-0.39, 0.29) is 6.09 Å². The van der Waals surface area contributed by atoms with Gasteiger partial charge in [0.2, 0.25) is 0 Å². The summed E-state index contributed by atoms with van der Waals surface area (Å²) in [5.41, 5.74) is 2.15. The second-order valence-electron chi connectivity index (χ2n) is 5.58. The van der Waals surface area contributed by atoms with Gasteiger partial charge in [-0.05, 0) is 30.5 Å². The highest BCUT2D eigenvalue weighted by atomic mass is 16.6. The number of rotatable bonds is 4. The fraction of sp³-hybridized carbons (Fsp3) is 0.562. The minimum absolute atomic E-state index is 0.235. The van der Waals surface area contributed by atoms with E-state index < -0.39 is 0 Å². The molecule has 0 bridgehead atoms. The molecule has 0 spiro atoms. The van der Waals surface area contributed by atoms with E-state index in [1.54, 1.807) is 4.90 Å². The van der Waals surface area contributed by atoms with Crippen molar-refractivity contribution >= 4 is 11.8 Å². The second kappa shape index (κ2) is 6.75. The van der Waals surface area contributed by atoms with Crippen LogP contribution in [0, 0.1) is 5.92 Å². The van der Waals surface area contributed by atoms with Crippen LogP contribution in [-0.4, -0.2) is 25.8 Å². The summed E-state index contributed by atoms with van der Waals surface area (Å²) in [5.74, 6) is 0.355. The molecule has 1 aliphatic rings. The average molecular weight is 276 g/mol. The Morgan fingerprint density at radius 2 is 2.20 bits per heavy atom. The number of carbonyl (C=O) groups is 1. The van der Waals surface area contributed by atoms with E-state index in [1.807, 2.05) is 32.0 Å². The highest BCUT2D eigenvalue weighted by Crippen LogP contribution is 2.33. The van der Waals surface area contributed by atoms with E-state index >= 15 is 0 Å². The van der Waals surface area contributed by atoms with Crippen molar-refractivity contribution in [2.75, 3.05) is 24.6 Å². The first kappa shape index (κ1) is 14.9. The molecule has 0 aliphatic carbocycles. The lowest BCUT2D eigenvalue weighted by Gasteiger charge is -2.34. The first-order valence-electron chi connectivity index (χ1n) is 7.40. The van der Waals surface area contributed by atoms with Crippen LogP contribution in [0.5, 0.6) is 0 Å². The summed E-state index contributed by atoms with van der Waals surface area (Å²) in [6, 6.07) is 8.40. The summed E-state index contributed by atoms with van der Waals surface area (Å²) in [6.07, 6.45) is 0.683. The maximum Gasteiger partial charge on any atom is 0.414 e. The molecule has 0 saturated carbocycles. The molecule has 110 valence electrons. The molecule has 0 fully saturated rings. The minimum Gasteiger partial charge on any atom is -0.449 e. The fourth-order valence-corrected chi connectivity index (χ4v) is 2.53.